The molecule has 7 nitrogen and oxygen atoms in total. The Morgan fingerprint density at radius 2 is 1.78 bits per heavy atom. The first-order valence-electron chi connectivity index (χ1n) is 5.82. The molecule has 0 spiro atoms. The number of nitrogens with one attached hydrogen (secondary N) is 2. The minimum atomic E-state index is -0.273. The average molecular weight is 255 g/mol. The molecule has 7 heteroatoms. The number of rotatable bonds is 7. The van der Waals surface area contributed by atoms with Crippen LogP contribution in [-0.2, 0) is 4.74 Å². The first-order valence-corrected chi connectivity index (χ1v) is 5.82. The Morgan fingerprint density at radius 1 is 1.11 bits per heavy atom. The normalized spacial score (nSPS) is 11.2. The van der Waals surface area contributed by atoms with E-state index in [1.54, 1.807) is 7.11 Å². The van der Waals surface area contributed by atoms with Crippen LogP contribution in [0.4, 0.5) is 11.9 Å². The van der Waals surface area contributed by atoms with Gasteiger partial charge in [0.15, 0.2) is 0 Å². The van der Waals surface area contributed by atoms with Crippen molar-refractivity contribution < 1.29 is 9.47 Å². The molecule has 0 radical (unpaired) electrons. The Morgan fingerprint density at radius 3 is 2.33 bits per heavy atom. The van der Waals surface area contributed by atoms with Crippen molar-refractivity contribution in [3.8, 4) is 6.01 Å². The minimum Gasteiger partial charge on any atom is -0.467 e. The standard InChI is InChI=1S/C11H21N5O2/c1-6-12-8-13-9(15-10(14-8)18-5)16-11(2,3)7-17-4/h6-7H2,1-5H3,(H2,12,13,14,15,16). The monoisotopic (exact) mass is 255 g/mol. The van der Waals surface area contributed by atoms with Gasteiger partial charge >= 0.3 is 6.01 Å². The second-order valence-corrected chi connectivity index (χ2v) is 4.44. The highest BCUT2D eigenvalue weighted by atomic mass is 16.5. The van der Waals surface area contributed by atoms with Gasteiger partial charge in [0, 0.05) is 13.7 Å². The van der Waals surface area contributed by atoms with Crippen molar-refractivity contribution in [2.75, 3.05) is 38.0 Å². The molecule has 1 aromatic heterocycles. The third-order valence-electron chi connectivity index (χ3n) is 2.09. The Balaban J connectivity index is 2.90. The smallest absolute Gasteiger partial charge is 0.322 e. The van der Waals surface area contributed by atoms with Crippen LogP contribution >= 0.6 is 0 Å². The van der Waals surface area contributed by atoms with Gasteiger partial charge in [-0.1, -0.05) is 0 Å². The number of hydrogen-bond donors (Lipinski definition) is 2. The molecule has 0 aliphatic heterocycles. The summed E-state index contributed by atoms with van der Waals surface area (Å²) in [6, 6.07) is 0.275. The number of methoxy groups -OCH3 is 2. The predicted molar refractivity (Wildman–Crippen MR) is 70.1 cm³/mol. The number of ether oxygens (including phenoxy) is 2. The molecule has 0 unspecified atom stereocenters. The van der Waals surface area contributed by atoms with E-state index in [2.05, 4.69) is 25.6 Å². The van der Waals surface area contributed by atoms with Crippen LogP contribution in [0.1, 0.15) is 20.8 Å². The zero-order chi connectivity index (χ0) is 13.6. The van der Waals surface area contributed by atoms with Crippen LogP contribution in [0.2, 0.25) is 0 Å². The lowest BCUT2D eigenvalue weighted by Gasteiger charge is -2.25. The molecule has 1 aromatic rings. The summed E-state index contributed by atoms with van der Waals surface area (Å²) in [6.45, 7) is 7.24. The second-order valence-electron chi connectivity index (χ2n) is 4.44. The highest BCUT2D eigenvalue weighted by Crippen LogP contribution is 2.15. The van der Waals surface area contributed by atoms with E-state index in [1.165, 1.54) is 7.11 Å². The van der Waals surface area contributed by atoms with Gasteiger partial charge in [-0.15, -0.1) is 0 Å². The number of aromatic nitrogens is 3. The summed E-state index contributed by atoms with van der Waals surface area (Å²) < 4.78 is 10.2. The van der Waals surface area contributed by atoms with E-state index in [-0.39, 0.29) is 11.5 Å². The topological polar surface area (TPSA) is 81.2 Å². The zero-order valence-corrected chi connectivity index (χ0v) is 11.6. The molecule has 0 aromatic carbocycles. The molecular formula is C11H21N5O2. The zero-order valence-electron chi connectivity index (χ0n) is 11.6. The van der Waals surface area contributed by atoms with Crippen LogP contribution in [0.25, 0.3) is 0 Å². The summed E-state index contributed by atoms with van der Waals surface area (Å²) in [4.78, 5) is 12.5. The summed E-state index contributed by atoms with van der Waals surface area (Å²) in [6.07, 6.45) is 0. The number of hydrogen-bond acceptors (Lipinski definition) is 7. The third kappa shape index (κ3) is 4.33. The van der Waals surface area contributed by atoms with E-state index in [9.17, 15) is 0 Å². The van der Waals surface area contributed by atoms with Gasteiger partial charge in [-0.25, -0.2) is 0 Å². The molecule has 0 amide bonds. The highest BCUT2D eigenvalue weighted by molar-refractivity contribution is 5.37. The van der Waals surface area contributed by atoms with Crippen molar-refractivity contribution in [3.63, 3.8) is 0 Å². The van der Waals surface area contributed by atoms with Crippen LogP contribution in [0.15, 0.2) is 0 Å². The van der Waals surface area contributed by atoms with Crippen LogP contribution < -0.4 is 15.4 Å². The van der Waals surface area contributed by atoms with Gasteiger partial charge in [-0.2, -0.15) is 15.0 Å². The fourth-order valence-corrected chi connectivity index (χ4v) is 1.44. The Kier molecular flexibility index (Phi) is 5.08. The van der Waals surface area contributed by atoms with E-state index < -0.39 is 0 Å². The molecule has 1 rings (SSSR count). The number of anilines is 2. The van der Waals surface area contributed by atoms with Gasteiger partial charge in [-0.05, 0) is 20.8 Å². The van der Waals surface area contributed by atoms with Gasteiger partial charge in [0.25, 0.3) is 0 Å². The molecule has 0 aliphatic rings. The maximum Gasteiger partial charge on any atom is 0.322 e. The summed E-state index contributed by atoms with van der Waals surface area (Å²) in [5.74, 6) is 0.944. The molecule has 102 valence electrons. The fraction of sp³-hybridized carbons (Fsp3) is 0.727. The molecule has 0 fully saturated rings. The first kappa shape index (κ1) is 14.4. The molecule has 1 heterocycles. The van der Waals surface area contributed by atoms with Gasteiger partial charge < -0.3 is 20.1 Å². The van der Waals surface area contributed by atoms with Crippen LogP contribution in [0, 0.1) is 0 Å². The Labute approximate surface area is 107 Å². The molecule has 0 saturated carbocycles. The Hall–Kier alpha value is -1.63. The van der Waals surface area contributed by atoms with Crippen molar-refractivity contribution in [3.05, 3.63) is 0 Å². The molecule has 0 aliphatic carbocycles. The van der Waals surface area contributed by atoms with Gasteiger partial charge in [-0.3, -0.25) is 0 Å². The van der Waals surface area contributed by atoms with E-state index in [0.717, 1.165) is 6.54 Å². The van der Waals surface area contributed by atoms with Crippen molar-refractivity contribution >= 4 is 11.9 Å². The van der Waals surface area contributed by atoms with E-state index >= 15 is 0 Å². The first-order chi connectivity index (χ1) is 8.50. The van der Waals surface area contributed by atoms with Gasteiger partial charge in [0.05, 0.1) is 19.3 Å². The van der Waals surface area contributed by atoms with E-state index in [0.29, 0.717) is 18.5 Å². The fourth-order valence-electron chi connectivity index (χ4n) is 1.44. The molecule has 2 N–H and O–H groups in total. The quantitative estimate of drug-likeness (QED) is 0.756. The van der Waals surface area contributed by atoms with Crippen molar-refractivity contribution in [1.29, 1.82) is 0 Å². The summed E-state index contributed by atoms with van der Waals surface area (Å²) in [7, 11) is 3.18. The van der Waals surface area contributed by atoms with E-state index in [1.807, 2.05) is 20.8 Å². The van der Waals surface area contributed by atoms with Crippen LogP contribution in [0.3, 0.4) is 0 Å². The van der Waals surface area contributed by atoms with Gasteiger partial charge in [0.2, 0.25) is 11.9 Å². The highest BCUT2D eigenvalue weighted by Gasteiger charge is 2.19. The largest absolute Gasteiger partial charge is 0.467 e. The molecule has 0 bridgehead atoms. The SMILES string of the molecule is CCNc1nc(NC(C)(C)COC)nc(OC)n1. The van der Waals surface area contributed by atoms with Crippen LogP contribution in [-0.4, -0.2) is 47.9 Å². The lowest BCUT2D eigenvalue weighted by atomic mass is 10.1. The third-order valence-corrected chi connectivity index (χ3v) is 2.09. The Bertz CT molecular complexity index is 384. The summed E-state index contributed by atoms with van der Waals surface area (Å²) in [5.41, 5.74) is -0.273. The summed E-state index contributed by atoms with van der Waals surface area (Å²) in [5, 5.41) is 6.21. The molecule has 0 atom stereocenters. The van der Waals surface area contributed by atoms with Crippen molar-refractivity contribution in [1.82, 2.24) is 15.0 Å². The molecule has 0 saturated heterocycles. The average Bonchev–Trinajstić information content (AvgIpc) is 2.28. The van der Waals surface area contributed by atoms with Crippen LogP contribution in [0.5, 0.6) is 6.01 Å². The second kappa shape index (κ2) is 6.34. The summed E-state index contributed by atoms with van der Waals surface area (Å²) >= 11 is 0. The number of nitrogens with zero attached hydrogens (tertiary/aromatic N) is 3. The van der Waals surface area contributed by atoms with Gasteiger partial charge in [0.1, 0.15) is 0 Å². The molecule has 18 heavy (non-hydrogen) atoms. The predicted octanol–water partition coefficient (Wildman–Crippen LogP) is 1.15. The van der Waals surface area contributed by atoms with Crippen molar-refractivity contribution in [2.45, 2.75) is 26.3 Å². The van der Waals surface area contributed by atoms with Crippen molar-refractivity contribution in [2.24, 2.45) is 0 Å². The lowest BCUT2D eigenvalue weighted by molar-refractivity contribution is 0.157. The minimum absolute atomic E-state index is 0.273. The maximum absolute atomic E-state index is 5.13. The maximum atomic E-state index is 5.13. The lowest BCUT2D eigenvalue weighted by Crippen LogP contribution is -2.36. The van der Waals surface area contributed by atoms with E-state index in [4.69, 9.17) is 9.47 Å². The molecular weight excluding hydrogens is 234 g/mol.